The van der Waals surface area contributed by atoms with E-state index in [1.807, 2.05) is 37.3 Å². The predicted octanol–water partition coefficient (Wildman–Crippen LogP) is 4.43. The summed E-state index contributed by atoms with van der Waals surface area (Å²) in [5, 5.41) is 1.12. The zero-order valence-electron chi connectivity index (χ0n) is 11.5. The summed E-state index contributed by atoms with van der Waals surface area (Å²) in [7, 11) is 0. The molecule has 1 aromatic carbocycles. The highest BCUT2D eigenvalue weighted by Crippen LogP contribution is 2.35. The largest absolute Gasteiger partial charge is 0.303 e. The zero-order chi connectivity index (χ0) is 15.0. The van der Waals surface area contributed by atoms with E-state index < -0.39 is 0 Å². The Morgan fingerprint density at radius 2 is 2.00 bits per heavy atom. The summed E-state index contributed by atoms with van der Waals surface area (Å²) >= 11 is 12.0. The monoisotopic (exact) mass is 320 g/mol. The van der Waals surface area contributed by atoms with Crippen LogP contribution in [0.3, 0.4) is 0 Å². The molecule has 2 heterocycles. The second-order valence-corrected chi connectivity index (χ2v) is 5.92. The van der Waals surface area contributed by atoms with Crippen LogP contribution in [0.15, 0.2) is 36.4 Å². The number of rotatable bonds is 2. The van der Waals surface area contributed by atoms with Gasteiger partial charge < -0.3 is 4.90 Å². The number of benzene rings is 1. The van der Waals surface area contributed by atoms with Crippen LogP contribution in [0.1, 0.15) is 30.6 Å². The van der Waals surface area contributed by atoms with Crippen LogP contribution >= 0.6 is 23.2 Å². The number of carbonyl (C=O) groups is 1. The molecule has 0 saturated carbocycles. The SMILES string of the molecule is CC(c1cccc(Cl)c1)N1C(=O)CCc2nc(Cl)ccc21. The molecule has 0 N–H and O–H groups in total. The molecule has 0 fully saturated rings. The minimum atomic E-state index is -0.0989. The molecule has 3 rings (SSSR count). The number of hydrogen-bond donors (Lipinski definition) is 0. The van der Waals surface area contributed by atoms with E-state index >= 15 is 0 Å². The summed E-state index contributed by atoms with van der Waals surface area (Å²) in [5.41, 5.74) is 2.71. The van der Waals surface area contributed by atoms with Gasteiger partial charge in [-0.3, -0.25) is 4.79 Å². The normalized spacial score (nSPS) is 15.8. The number of hydrogen-bond acceptors (Lipinski definition) is 2. The highest BCUT2D eigenvalue weighted by Gasteiger charge is 2.29. The van der Waals surface area contributed by atoms with E-state index in [2.05, 4.69) is 4.98 Å². The second-order valence-electron chi connectivity index (χ2n) is 5.09. The van der Waals surface area contributed by atoms with Crippen molar-refractivity contribution in [3.63, 3.8) is 0 Å². The number of carbonyl (C=O) groups excluding carboxylic acids is 1. The summed E-state index contributed by atoms with van der Waals surface area (Å²) in [4.78, 5) is 18.5. The van der Waals surface area contributed by atoms with Crippen LogP contribution in [0, 0.1) is 0 Å². The number of fused-ring (bicyclic) bond motifs is 1. The molecule has 0 aliphatic carbocycles. The van der Waals surface area contributed by atoms with E-state index in [1.54, 1.807) is 11.0 Å². The lowest BCUT2D eigenvalue weighted by Crippen LogP contribution is -2.37. The minimum absolute atomic E-state index is 0.0964. The van der Waals surface area contributed by atoms with Crippen molar-refractivity contribution in [3.8, 4) is 0 Å². The maximum atomic E-state index is 12.4. The lowest BCUT2D eigenvalue weighted by Gasteiger charge is -2.34. The van der Waals surface area contributed by atoms with E-state index in [-0.39, 0.29) is 11.9 Å². The van der Waals surface area contributed by atoms with E-state index in [4.69, 9.17) is 23.2 Å². The summed E-state index contributed by atoms with van der Waals surface area (Å²) < 4.78 is 0. The molecular weight excluding hydrogens is 307 g/mol. The lowest BCUT2D eigenvalue weighted by atomic mass is 10.0. The van der Waals surface area contributed by atoms with E-state index in [9.17, 15) is 4.79 Å². The molecule has 2 aromatic rings. The zero-order valence-corrected chi connectivity index (χ0v) is 13.0. The highest BCUT2D eigenvalue weighted by molar-refractivity contribution is 6.30. The lowest BCUT2D eigenvalue weighted by molar-refractivity contribution is -0.119. The molecule has 21 heavy (non-hydrogen) atoms. The molecule has 3 nitrogen and oxygen atoms in total. The molecule has 1 atom stereocenters. The second kappa shape index (κ2) is 5.66. The molecule has 1 aliphatic rings. The molecule has 1 aromatic heterocycles. The fourth-order valence-electron chi connectivity index (χ4n) is 2.69. The molecule has 108 valence electrons. The van der Waals surface area contributed by atoms with Crippen molar-refractivity contribution in [2.45, 2.75) is 25.8 Å². The average Bonchev–Trinajstić information content (AvgIpc) is 2.47. The summed E-state index contributed by atoms with van der Waals surface area (Å²) in [6, 6.07) is 11.1. The van der Waals surface area contributed by atoms with Gasteiger partial charge in [0.15, 0.2) is 0 Å². The molecule has 0 bridgehead atoms. The number of halogens is 2. The van der Waals surface area contributed by atoms with Gasteiger partial charge in [-0.05, 0) is 36.8 Å². The number of aromatic nitrogens is 1. The van der Waals surface area contributed by atoms with Crippen LogP contribution in [0.4, 0.5) is 5.69 Å². The molecule has 1 amide bonds. The maximum absolute atomic E-state index is 12.4. The first kappa shape index (κ1) is 14.4. The van der Waals surface area contributed by atoms with Gasteiger partial charge in [0.05, 0.1) is 17.4 Å². The first-order valence-corrected chi connectivity index (χ1v) is 7.55. The van der Waals surface area contributed by atoms with Crippen molar-refractivity contribution in [2.24, 2.45) is 0 Å². The Labute approximate surface area is 133 Å². The average molecular weight is 321 g/mol. The van der Waals surface area contributed by atoms with Gasteiger partial charge in [-0.2, -0.15) is 0 Å². The Kier molecular flexibility index (Phi) is 3.87. The first-order valence-electron chi connectivity index (χ1n) is 6.79. The van der Waals surface area contributed by atoms with E-state index in [0.29, 0.717) is 23.0 Å². The van der Waals surface area contributed by atoms with Crippen molar-refractivity contribution in [3.05, 3.63) is 57.8 Å². The Morgan fingerprint density at radius 3 is 2.76 bits per heavy atom. The molecule has 1 aliphatic heterocycles. The van der Waals surface area contributed by atoms with Crippen LogP contribution in [0.5, 0.6) is 0 Å². The number of anilines is 1. The van der Waals surface area contributed by atoms with Gasteiger partial charge in [0, 0.05) is 17.9 Å². The van der Waals surface area contributed by atoms with Gasteiger partial charge in [0.2, 0.25) is 5.91 Å². The van der Waals surface area contributed by atoms with Crippen LogP contribution in [0.2, 0.25) is 10.2 Å². The third kappa shape index (κ3) is 2.76. The summed E-state index contributed by atoms with van der Waals surface area (Å²) in [6.07, 6.45) is 1.08. The Balaban J connectivity index is 2.03. The fourth-order valence-corrected chi connectivity index (χ4v) is 3.05. The van der Waals surface area contributed by atoms with Gasteiger partial charge in [0.25, 0.3) is 0 Å². The van der Waals surface area contributed by atoms with E-state index in [1.165, 1.54) is 0 Å². The Hall–Kier alpha value is -1.58. The molecular formula is C16H14Cl2N2O. The predicted molar refractivity (Wildman–Crippen MR) is 84.9 cm³/mol. The summed E-state index contributed by atoms with van der Waals surface area (Å²) in [5.74, 6) is 0.0964. The Bertz CT molecular complexity index is 702. The quantitative estimate of drug-likeness (QED) is 0.767. The maximum Gasteiger partial charge on any atom is 0.227 e. The van der Waals surface area contributed by atoms with Gasteiger partial charge in [-0.15, -0.1) is 0 Å². The molecule has 5 heteroatoms. The van der Waals surface area contributed by atoms with Gasteiger partial charge in [-0.1, -0.05) is 35.3 Å². The molecule has 0 radical (unpaired) electrons. The highest BCUT2D eigenvalue weighted by atomic mass is 35.5. The van der Waals surface area contributed by atoms with Crippen LogP contribution in [-0.2, 0) is 11.2 Å². The molecule has 0 saturated heterocycles. The van der Waals surface area contributed by atoms with Crippen molar-refractivity contribution >= 4 is 34.8 Å². The van der Waals surface area contributed by atoms with Crippen LogP contribution < -0.4 is 4.90 Å². The summed E-state index contributed by atoms with van der Waals surface area (Å²) in [6.45, 7) is 1.99. The standard InChI is InChI=1S/C16H14Cl2N2O/c1-10(11-3-2-4-12(17)9-11)20-14-6-7-15(18)19-13(14)5-8-16(20)21/h2-4,6-7,9-10H,5,8H2,1H3. The number of amides is 1. The third-order valence-electron chi connectivity index (χ3n) is 3.74. The molecule has 0 spiro atoms. The van der Waals surface area contributed by atoms with Crippen molar-refractivity contribution in [2.75, 3.05) is 4.90 Å². The minimum Gasteiger partial charge on any atom is -0.303 e. The van der Waals surface area contributed by atoms with Crippen molar-refractivity contribution < 1.29 is 4.79 Å². The van der Waals surface area contributed by atoms with Crippen molar-refractivity contribution in [1.82, 2.24) is 4.98 Å². The first-order chi connectivity index (χ1) is 10.1. The fraction of sp³-hybridized carbons (Fsp3) is 0.250. The van der Waals surface area contributed by atoms with Gasteiger partial charge >= 0.3 is 0 Å². The number of aryl methyl sites for hydroxylation is 1. The third-order valence-corrected chi connectivity index (χ3v) is 4.18. The molecule has 1 unspecified atom stereocenters. The topological polar surface area (TPSA) is 33.2 Å². The van der Waals surface area contributed by atoms with Gasteiger partial charge in [0.1, 0.15) is 5.15 Å². The van der Waals surface area contributed by atoms with Gasteiger partial charge in [-0.25, -0.2) is 4.98 Å². The van der Waals surface area contributed by atoms with E-state index in [0.717, 1.165) is 16.9 Å². The van der Waals surface area contributed by atoms with Crippen molar-refractivity contribution in [1.29, 1.82) is 0 Å². The Morgan fingerprint density at radius 1 is 1.19 bits per heavy atom. The van der Waals surface area contributed by atoms with Crippen LogP contribution in [0.25, 0.3) is 0 Å². The van der Waals surface area contributed by atoms with Crippen LogP contribution in [-0.4, -0.2) is 10.9 Å². The smallest absolute Gasteiger partial charge is 0.227 e. The number of pyridine rings is 1. The number of nitrogens with zero attached hydrogens (tertiary/aromatic N) is 2.